The van der Waals surface area contributed by atoms with E-state index in [1.54, 1.807) is 61.4 Å². The van der Waals surface area contributed by atoms with Gasteiger partial charge in [-0.05, 0) is 44.2 Å². The van der Waals surface area contributed by atoms with Gasteiger partial charge in [0, 0.05) is 27.2 Å². The molecule has 0 atom stereocenters. The van der Waals surface area contributed by atoms with Gasteiger partial charge in [0.05, 0.1) is 37.8 Å². The van der Waals surface area contributed by atoms with Crippen LogP contribution in [0.25, 0.3) is 11.3 Å². The first-order valence-electron chi connectivity index (χ1n) is 10.3. The number of nitrogens with one attached hydrogen (secondary N) is 1. The van der Waals surface area contributed by atoms with Crippen LogP contribution in [0, 0.1) is 13.8 Å². The number of rotatable bonds is 7. The number of benzene rings is 2. The Hall–Kier alpha value is -3.49. The quantitative estimate of drug-likeness (QED) is 0.345. The van der Waals surface area contributed by atoms with E-state index in [0.29, 0.717) is 50.8 Å². The number of hydrogen-bond donors (Lipinski definition) is 1. The van der Waals surface area contributed by atoms with Gasteiger partial charge in [-0.1, -0.05) is 34.4 Å². The van der Waals surface area contributed by atoms with Crippen LogP contribution in [0.4, 0.5) is 5.69 Å². The zero-order valence-corrected chi connectivity index (χ0v) is 20.5. The molecule has 0 aliphatic carbocycles. The van der Waals surface area contributed by atoms with Gasteiger partial charge in [-0.15, -0.1) is 0 Å². The summed E-state index contributed by atoms with van der Waals surface area (Å²) >= 11 is 12.6. The molecule has 0 aliphatic rings. The van der Waals surface area contributed by atoms with Crippen LogP contribution in [0.1, 0.15) is 27.4 Å². The minimum Gasteiger partial charge on any atom is -0.493 e. The molecule has 0 aliphatic heterocycles. The van der Waals surface area contributed by atoms with Gasteiger partial charge in [0.15, 0.2) is 23.0 Å². The van der Waals surface area contributed by atoms with Crippen LogP contribution in [0.15, 0.2) is 47.0 Å². The van der Waals surface area contributed by atoms with E-state index in [-0.39, 0.29) is 5.69 Å². The molecular formula is C24H22Cl2N4O4. The fourth-order valence-electron chi connectivity index (χ4n) is 3.55. The highest BCUT2D eigenvalue weighted by Gasteiger charge is 2.20. The summed E-state index contributed by atoms with van der Waals surface area (Å²) in [6, 6.07) is 12.2. The van der Waals surface area contributed by atoms with E-state index < -0.39 is 5.91 Å². The number of carbonyl (C=O) groups excluding carboxylic acids is 1. The van der Waals surface area contributed by atoms with E-state index in [2.05, 4.69) is 15.6 Å². The fraction of sp³-hybridized carbons (Fsp3) is 0.208. The predicted molar refractivity (Wildman–Crippen MR) is 130 cm³/mol. The van der Waals surface area contributed by atoms with Gasteiger partial charge in [0.1, 0.15) is 0 Å². The minimum absolute atomic E-state index is 0.130. The molecule has 0 saturated heterocycles. The Labute approximate surface area is 206 Å². The summed E-state index contributed by atoms with van der Waals surface area (Å²) in [7, 11) is 3.11. The summed E-state index contributed by atoms with van der Waals surface area (Å²) in [5.41, 5.74) is 3.57. The molecule has 2 heterocycles. The summed E-state index contributed by atoms with van der Waals surface area (Å²) in [5.74, 6) is 1.13. The lowest BCUT2D eigenvalue weighted by molar-refractivity contribution is 0.101. The van der Waals surface area contributed by atoms with Crippen molar-refractivity contribution in [1.82, 2.24) is 14.9 Å². The van der Waals surface area contributed by atoms with Gasteiger partial charge in [0.25, 0.3) is 5.91 Å². The van der Waals surface area contributed by atoms with E-state index in [0.717, 1.165) is 11.3 Å². The molecule has 1 N–H and O–H groups in total. The highest BCUT2D eigenvalue weighted by molar-refractivity contribution is 6.36. The van der Waals surface area contributed by atoms with Gasteiger partial charge in [0.2, 0.25) is 0 Å². The third-order valence-electron chi connectivity index (χ3n) is 5.40. The van der Waals surface area contributed by atoms with Crippen molar-refractivity contribution in [3.63, 3.8) is 0 Å². The number of amides is 1. The van der Waals surface area contributed by atoms with Crippen molar-refractivity contribution in [3.8, 4) is 22.8 Å². The van der Waals surface area contributed by atoms with Gasteiger partial charge >= 0.3 is 0 Å². The lowest BCUT2D eigenvalue weighted by Gasteiger charge is -2.09. The number of aromatic nitrogens is 3. The molecule has 0 fully saturated rings. The average molecular weight is 501 g/mol. The van der Waals surface area contributed by atoms with E-state index in [1.807, 2.05) is 13.8 Å². The Morgan fingerprint density at radius 2 is 1.76 bits per heavy atom. The molecule has 1 amide bonds. The van der Waals surface area contributed by atoms with Crippen LogP contribution >= 0.6 is 23.2 Å². The lowest BCUT2D eigenvalue weighted by Crippen LogP contribution is -2.13. The molecule has 0 unspecified atom stereocenters. The van der Waals surface area contributed by atoms with Crippen LogP contribution in [0.2, 0.25) is 10.0 Å². The summed E-state index contributed by atoms with van der Waals surface area (Å²) < 4.78 is 17.7. The third-order valence-corrected chi connectivity index (χ3v) is 6.11. The lowest BCUT2D eigenvalue weighted by atomic mass is 10.1. The first-order valence-corrected chi connectivity index (χ1v) is 11.0. The number of carbonyl (C=O) groups is 1. The molecule has 34 heavy (non-hydrogen) atoms. The van der Waals surface area contributed by atoms with Crippen molar-refractivity contribution < 1.29 is 18.8 Å². The van der Waals surface area contributed by atoms with Crippen molar-refractivity contribution in [1.29, 1.82) is 0 Å². The molecule has 0 bridgehead atoms. The Morgan fingerprint density at radius 1 is 1.06 bits per heavy atom. The van der Waals surface area contributed by atoms with Crippen molar-refractivity contribution in [2.24, 2.45) is 0 Å². The maximum absolute atomic E-state index is 12.9. The molecule has 4 aromatic rings. The monoisotopic (exact) mass is 500 g/mol. The number of anilines is 1. The summed E-state index contributed by atoms with van der Waals surface area (Å²) in [5, 5.41) is 12.4. The van der Waals surface area contributed by atoms with E-state index in [4.69, 9.17) is 37.2 Å². The second-order valence-electron chi connectivity index (χ2n) is 7.50. The topological polar surface area (TPSA) is 91.4 Å². The molecule has 2 aromatic heterocycles. The molecule has 0 radical (unpaired) electrons. The fourth-order valence-corrected chi connectivity index (χ4v) is 4.07. The summed E-state index contributed by atoms with van der Waals surface area (Å²) in [4.78, 5) is 12.9. The van der Waals surface area contributed by atoms with Crippen molar-refractivity contribution >= 4 is 34.8 Å². The Balaban J connectivity index is 1.55. The van der Waals surface area contributed by atoms with Gasteiger partial charge in [-0.2, -0.15) is 5.10 Å². The van der Waals surface area contributed by atoms with Crippen LogP contribution < -0.4 is 14.8 Å². The van der Waals surface area contributed by atoms with Crippen LogP contribution in [0.5, 0.6) is 11.5 Å². The molecule has 0 saturated carbocycles. The first kappa shape index (κ1) is 23.7. The predicted octanol–water partition coefficient (Wildman–Crippen LogP) is 5.78. The Morgan fingerprint density at radius 3 is 2.44 bits per heavy atom. The SMILES string of the molecule is COc1ccc(-c2cc(C(=O)Nc3c(C)nn(Cc4c(Cl)cccc4Cl)c3C)no2)cc1OC. The number of methoxy groups -OCH3 is 2. The van der Waals surface area contributed by atoms with Gasteiger partial charge in [-0.25, -0.2) is 0 Å². The highest BCUT2D eigenvalue weighted by Crippen LogP contribution is 2.33. The van der Waals surface area contributed by atoms with E-state index in [1.165, 1.54) is 0 Å². The smallest absolute Gasteiger partial charge is 0.277 e. The zero-order valence-electron chi connectivity index (χ0n) is 19.0. The van der Waals surface area contributed by atoms with Gasteiger partial charge in [-0.3, -0.25) is 9.48 Å². The second kappa shape index (κ2) is 9.79. The Bertz CT molecular complexity index is 1340. The summed E-state index contributed by atoms with van der Waals surface area (Å²) in [6.45, 7) is 4.04. The molecule has 8 nitrogen and oxygen atoms in total. The average Bonchev–Trinajstić information content (AvgIpc) is 3.42. The number of ether oxygens (including phenoxy) is 2. The van der Waals surface area contributed by atoms with Crippen LogP contribution in [0.3, 0.4) is 0 Å². The third kappa shape index (κ3) is 4.60. The number of aryl methyl sites for hydroxylation is 1. The summed E-state index contributed by atoms with van der Waals surface area (Å²) in [6.07, 6.45) is 0. The molecule has 4 rings (SSSR count). The second-order valence-corrected chi connectivity index (χ2v) is 8.32. The minimum atomic E-state index is -0.419. The molecular weight excluding hydrogens is 479 g/mol. The Kier molecular flexibility index (Phi) is 6.81. The van der Waals surface area contributed by atoms with E-state index >= 15 is 0 Å². The first-order chi connectivity index (χ1) is 16.3. The van der Waals surface area contributed by atoms with Crippen molar-refractivity contribution in [2.45, 2.75) is 20.4 Å². The van der Waals surface area contributed by atoms with E-state index in [9.17, 15) is 4.79 Å². The van der Waals surface area contributed by atoms with Crippen LogP contribution in [-0.2, 0) is 6.54 Å². The highest BCUT2D eigenvalue weighted by atomic mass is 35.5. The molecule has 0 spiro atoms. The maximum Gasteiger partial charge on any atom is 0.277 e. The normalized spacial score (nSPS) is 10.9. The van der Waals surface area contributed by atoms with Crippen molar-refractivity contribution in [3.05, 3.63) is 75.2 Å². The largest absolute Gasteiger partial charge is 0.493 e. The number of nitrogens with zero attached hydrogens (tertiary/aromatic N) is 3. The molecule has 176 valence electrons. The maximum atomic E-state index is 12.9. The standard InChI is InChI=1S/C24H22Cl2N4O4/c1-13-23(14(2)30(28-13)12-16-17(25)6-5-7-18(16)26)27-24(31)19-11-21(34-29-19)15-8-9-20(32-3)22(10-15)33-4/h5-11H,12H2,1-4H3,(H,27,31). The number of halogens is 2. The molecule has 10 heteroatoms. The molecule has 2 aromatic carbocycles. The van der Waals surface area contributed by atoms with Crippen molar-refractivity contribution in [2.75, 3.05) is 19.5 Å². The number of hydrogen-bond acceptors (Lipinski definition) is 6. The van der Waals surface area contributed by atoms with Crippen LogP contribution in [-0.4, -0.2) is 35.1 Å². The zero-order chi connectivity index (χ0) is 24.4. The van der Waals surface area contributed by atoms with Gasteiger partial charge < -0.3 is 19.3 Å².